The third kappa shape index (κ3) is 5.73. The SMILES string of the molecule is COc1ccc(C(Cc2ccccc2C)NC(=O)CCC2CCCO2)cc1OC. The minimum absolute atomic E-state index is 0.0499. The lowest BCUT2D eigenvalue weighted by atomic mass is 9.95. The van der Waals surface area contributed by atoms with Crippen molar-refractivity contribution in [1.82, 2.24) is 5.32 Å². The van der Waals surface area contributed by atoms with Crippen LogP contribution in [0.5, 0.6) is 11.5 Å². The van der Waals surface area contributed by atoms with Gasteiger partial charge in [0.05, 0.1) is 26.4 Å². The Balaban J connectivity index is 1.77. The lowest BCUT2D eigenvalue weighted by Gasteiger charge is -2.22. The highest BCUT2D eigenvalue weighted by Gasteiger charge is 2.21. The highest BCUT2D eigenvalue weighted by atomic mass is 16.5. The highest BCUT2D eigenvalue weighted by molar-refractivity contribution is 5.76. The molecule has 1 heterocycles. The van der Waals surface area contributed by atoms with Gasteiger partial charge in [0.2, 0.25) is 5.91 Å². The van der Waals surface area contributed by atoms with Gasteiger partial charge in [-0.15, -0.1) is 0 Å². The maximum absolute atomic E-state index is 12.7. The molecule has 1 N–H and O–H groups in total. The third-order valence-corrected chi connectivity index (χ3v) is 5.55. The van der Waals surface area contributed by atoms with Crippen molar-refractivity contribution < 1.29 is 19.0 Å². The van der Waals surface area contributed by atoms with Crippen LogP contribution >= 0.6 is 0 Å². The van der Waals surface area contributed by atoms with Crippen LogP contribution in [0.2, 0.25) is 0 Å². The van der Waals surface area contributed by atoms with Gasteiger partial charge in [0.25, 0.3) is 0 Å². The second kappa shape index (κ2) is 10.3. The van der Waals surface area contributed by atoms with Crippen molar-refractivity contribution in [3.8, 4) is 11.5 Å². The van der Waals surface area contributed by atoms with Crippen LogP contribution in [-0.2, 0) is 16.0 Å². The van der Waals surface area contributed by atoms with Crippen molar-refractivity contribution in [2.24, 2.45) is 0 Å². The number of benzene rings is 2. The molecule has 0 saturated carbocycles. The van der Waals surface area contributed by atoms with Crippen LogP contribution in [0.1, 0.15) is 48.4 Å². The van der Waals surface area contributed by atoms with Crippen molar-refractivity contribution in [2.45, 2.75) is 51.2 Å². The quantitative estimate of drug-likeness (QED) is 0.683. The Bertz CT molecular complexity index is 814. The maximum Gasteiger partial charge on any atom is 0.220 e. The number of hydrogen-bond acceptors (Lipinski definition) is 4. The Morgan fingerprint density at radius 1 is 1.17 bits per heavy atom. The predicted molar refractivity (Wildman–Crippen MR) is 114 cm³/mol. The fourth-order valence-electron chi connectivity index (χ4n) is 3.81. The summed E-state index contributed by atoms with van der Waals surface area (Å²) < 4.78 is 16.5. The van der Waals surface area contributed by atoms with Crippen molar-refractivity contribution in [1.29, 1.82) is 0 Å². The van der Waals surface area contributed by atoms with Crippen molar-refractivity contribution in [3.63, 3.8) is 0 Å². The monoisotopic (exact) mass is 397 g/mol. The van der Waals surface area contributed by atoms with E-state index in [9.17, 15) is 4.79 Å². The Labute approximate surface area is 173 Å². The molecule has 5 heteroatoms. The van der Waals surface area contributed by atoms with E-state index < -0.39 is 0 Å². The Kier molecular flexibility index (Phi) is 7.53. The first kappa shape index (κ1) is 21.2. The molecular weight excluding hydrogens is 366 g/mol. The van der Waals surface area contributed by atoms with E-state index in [2.05, 4.69) is 24.4 Å². The molecule has 29 heavy (non-hydrogen) atoms. The van der Waals surface area contributed by atoms with E-state index in [-0.39, 0.29) is 18.1 Å². The fourth-order valence-corrected chi connectivity index (χ4v) is 3.81. The summed E-state index contributed by atoms with van der Waals surface area (Å²) in [5.41, 5.74) is 3.43. The first-order chi connectivity index (χ1) is 14.1. The fraction of sp³-hybridized carbons (Fsp3) is 0.458. The Morgan fingerprint density at radius 3 is 2.66 bits per heavy atom. The zero-order valence-electron chi connectivity index (χ0n) is 17.6. The van der Waals surface area contributed by atoms with E-state index in [0.717, 1.165) is 31.4 Å². The van der Waals surface area contributed by atoms with Crippen molar-refractivity contribution in [2.75, 3.05) is 20.8 Å². The number of carbonyl (C=O) groups is 1. The minimum atomic E-state index is -0.145. The summed E-state index contributed by atoms with van der Waals surface area (Å²) in [6.07, 6.45) is 4.32. The molecular formula is C24H31NO4. The summed E-state index contributed by atoms with van der Waals surface area (Å²) in [5.74, 6) is 1.39. The molecule has 156 valence electrons. The molecule has 0 aromatic heterocycles. The number of ether oxygens (including phenoxy) is 3. The van der Waals surface area contributed by atoms with E-state index in [1.807, 2.05) is 30.3 Å². The molecule has 2 aromatic carbocycles. The smallest absolute Gasteiger partial charge is 0.220 e. The summed E-state index contributed by atoms with van der Waals surface area (Å²) in [6, 6.07) is 14.0. The third-order valence-electron chi connectivity index (χ3n) is 5.55. The summed E-state index contributed by atoms with van der Waals surface area (Å²) in [6.45, 7) is 2.91. The van der Waals surface area contributed by atoms with Crippen molar-refractivity contribution >= 4 is 5.91 Å². The van der Waals surface area contributed by atoms with Crippen LogP contribution in [0.25, 0.3) is 0 Å². The van der Waals surface area contributed by atoms with Gasteiger partial charge in [-0.2, -0.15) is 0 Å². The predicted octanol–water partition coefficient (Wildman–Crippen LogP) is 4.37. The summed E-state index contributed by atoms with van der Waals surface area (Å²) in [5, 5.41) is 3.23. The number of rotatable bonds is 9. The molecule has 1 fully saturated rings. The normalized spacial score (nSPS) is 17.0. The van der Waals surface area contributed by atoms with Gasteiger partial charge in [-0.3, -0.25) is 4.79 Å². The van der Waals surface area contributed by atoms with Gasteiger partial charge in [-0.1, -0.05) is 30.3 Å². The zero-order chi connectivity index (χ0) is 20.6. The first-order valence-electron chi connectivity index (χ1n) is 10.3. The summed E-state index contributed by atoms with van der Waals surface area (Å²) in [4.78, 5) is 12.7. The molecule has 0 bridgehead atoms. The highest BCUT2D eigenvalue weighted by Crippen LogP contribution is 2.31. The minimum Gasteiger partial charge on any atom is -0.493 e. The topological polar surface area (TPSA) is 56.8 Å². The number of methoxy groups -OCH3 is 2. The van der Waals surface area contributed by atoms with Gasteiger partial charge in [0, 0.05) is 13.0 Å². The van der Waals surface area contributed by atoms with Gasteiger partial charge < -0.3 is 19.5 Å². The van der Waals surface area contributed by atoms with Crippen LogP contribution in [0.3, 0.4) is 0 Å². The van der Waals surface area contributed by atoms with Gasteiger partial charge in [0.15, 0.2) is 11.5 Å². The van der Waals surface area contributed by atoms with Gasteiger partial charge in [0.1, 0.15) is 0 Å². The largest absolute Gasteiger partial charge is 0.493 e. The number of nitrogens with one attached hydrogen (secondary N) is 1. The number of hydrogen-bond donors (Lipinski definition) is 1. The van der Waals surface area contributed by atoms with E-state index in [1.165, 1.54) is 11.1 Å². The molecule has 0 radical (unpaired) electrons. The molecule has 2 unspecified atom stereocenters. The Hall–Kier alpha value is -2.53. The van der Waals surface area contributed by atoms with Gasteiger partial charge in [-0.05, 0) is 61.4 Å². The molecule has 2 atom stereocenters. The summed E-state index contributed by atoms with van der Waals surface area (Å²) in [7, 11) is 3.24. The Morgan fingerprint density at radius 2 is 1.97 bits per heavy atom. The standard InChI is InChI=1S/C24H31NO4/c1-17-7-4-5-8-18(17)15-21(19-10-12-22(27-2)23(16-19)28-3)25-24(26)13-11-20-9-6-14-29-20/h4-5,7-8,10,12,16,20-21H,6,9,11,13-15H2,1-3H3,(H,25,26). The second-order valence-electron chi connectivity index (χ2n) is 7.54. The molecule has 1 aliphatic rings. The molecule has 3 rings (SSSR count). The average molecular weight is 398 g/mol. The van der Waals surface area contributed by atoms with E-state index in [1.54, 1.807) is 14.2 Å². The van der Waals surface area contributed by atoms with Crippen LogP contribution < -0.4 is 14.8 Å². The molecule has 0 aliphatic carbocycles. The second-order valence-corrected chi connectivity index (χ2v) is 7.54. The molecule has 0 spiro atoms. The molecule has 1 aliphatic heterocycles. The van der Waals surface area contributed by atoms with Crippen LogP contribution in [-0.4, -0.2) is 32.8 Å². The molecule has 1 amide bonds. The van der Waals surface area contributed by atoms with E-state index >= 15 is 0 Å². The molecule has 5 nitrogen and oxygen atoms in total. The number of amides is 1. The summed E-state index contributed by atoms with van der Waals surface area (Å²) >= 11 is 0. The maximum atomic E-state index is 12.7. The van der Waals surface area contributed by atoms with E-state index in [4.69, 9.17) is 14.2 Å². The van der Waals surface area contributed by atoms with Crippen LogP contribution in [0, 0.1) is 6.92 Å². The average Bonchev–Trinajstić information content (AvgIpc) is 3.26. The number of aryl methyl sites for hydroxylation is 1. The lowest BCUT2D eigenvalue weighted by Crippen LogP contribution is -2.30. The molecule has 2 aromatic rings. The van der Waals surface area contributed by atoms with Crippen LogP contribution in [0.4, 0.5) is 0 Å². The van der Waals surface area contributed by atoms with Crippen molar-refractivity contribution in [3.05, 3.63) is 59.2 Å². The lowest BCUT2D eigenvalue weighted by molar-refractivity contribution is -0.122. The molecule has 1 saturated heterocycles. The van der Waals surface area contributed by atoms with Crippen LogP contribution in [0.15, 0.2) is 42.5 Å². The first-order valence-corrected chi connectivity index (χ1v) is 10.3. The van der Waals surface area contributed by atoms with Gasteiger partial charge in [-0.25, -0.2) is 0 Å². The van der Waals surface area contributed by atoms with Gasteiger partial charge >= 0.3 is 0 Å². The zero-order valence-corrected chi connectivity index (χ0v) is 17.6. The van der Waals surface area contributed by atoms with E-state index in [0.29, 0.717) is 24.3 Å². The number of carbonyl (C=O) groups excluding carboxylic acids is 1.